The van der Waals surface area contributed by atoms with E-state index in [1.807, 2.05) is 26.0 Å². The fourth-order valence-corrected chi connectivity index (χ4v) is 4.69. The predicted molar refractivity (Wildman–Crippen MR) is 159 cm³/mol. The lowest BCUT2D eigenvalue weighted by Gasteiger charge is -2.32. The molecule has 9 heteroatoms. The van der Waals surface area contributed by atoms with Gasteiger partial charge in [0.15, 0.2) is 0 Å². The Balaban J connectivity index is 1.24. The van der Waals surface area contributed by atoms with Crippen LogP contribution < -0.4 is 10.6 Å². The van der Waals surface area contributed by atoms with Crippen molar-refractivity contribution in [3.05, 3.63) is 71.8 Å². The molecule has 4 N–H and O–H groups in total. The first-order valence-electron chi connectivity index (χ1n) is 13.7. The minimum atomic E-state index is -0.218. The number of piperazine rings is 1. The van der Waals surface area contributed by atoms with Gasteiger partial charge in [-0.1, -0.05) is 26.0 Å². The van der Waals surface area contributed by atoms with Crippen molar-refractivity contribution in [1.82, 2.24) is 19.8 Å². The fraction of sp³-hybridized carbons (Fsp3) is 0.323. The number of fused-ring (bicyclic) bond motifs is 1. The first-order valence-corrected chi connectivity index (χ1v) is 13.7. The van der Waals surface area contributed by atoms with Gasteiger partial charge in [0.2, 0.25) is 5.91 Å². The Kier molecular flexibility index (Phi) is 8.14. The van der Waals surface area contributed by atoms with Gasteiger partial charge in [0.25, 0.3) is 5.91 Å². The van der Waals surface area contributed by atoms with E-state index in [4.69, 9.17) is 0 Å². The van der Waals surface area contributed by atoms with E-state index in [-0.39, 0.29) is 23.5 Å². The molecule has 4 aromatic rings. The van der Waals surface area contributed by atoms with Gasteiger partial charge >= 0.3 is 0 Å². The molecule has 1 saturated heterocycles. The summed E-state index contributed by atoms with van der Waals surface area (Å²) in [5.41, 5.74) is 4.83. The molecule has 0 unspecified atom stereocenters. The van der Waals surface area contributed by atoms with Crippen LogP contribution in [0.1, 0.15) is 29.8 Å². The Morgan fingerprint density at radius 1 is 0.950 bits per heavy atom. The van der Waals surface area contributed by atoms with Crippen molar-refractivity contribution in [2.45, 2.75) is 20.3 Å². The summed E-state index contributed by atoms with van der Waals surface area (Å²) in [7, 11) is 2.16. The van der Waals surface area contributed by atoms with Gasteiger partial charge in [-0.2, -0.15) is 0 Å². The van der Waals surface area contributed by atoms with Crippen LogP contribution in [0.4, 0.5) is 11.4 Å². The molecule has 40 heavy (non-hydrogen) atoms. The summed E-state index contributed by atoms with van der Waals surface area (Å²) in [5.74, 6) is -0.0239. The number of benzene rings is 3. The van der Waals surface area contributed by atoms with Crippen LogP contribution in [-0.4, -0.2) is 76.5 Å². The number of H-pyrrole nitrogens is 1. The number of anilines is 2. The largest absolute Gasteiger partial charge is 0.507 e. The number of phenolic OH excluding ortho intramolecular Hbond substituents is 1. The SMILES string of the molecule is CC(C)C(=O)Nc1ccc(O)c(-c2nc3ccc(C(=O)Nc4ccc(CCN5CCN(C)CC5)cc4)cc3[nH]2)c1. The van der Waals surface area contributed by atoms with E-state index in [0.717, 1.165) is 44.8 Å². The first kappa shape index (κ1) is 27.4. The summed E-state index contributed by atoms with van der Waals surface area (Å²) in [5, 5.41) is 16.3. The van der Waals surface area contributed by atoms with Crippen molar-refractivity contribution in [1.29, 1.82) is 0 Å². The first-order chi connectivity index (χ1) is 19.2. The molecular formula is C31H36N6O3. The lowest BCUT2D eigenvalue weighted by atomic mass is 10.1. The number of carbonyl (C=O) groups excluding carboxylic acids is 2. The van der Waals surface area contributed by atoms with Gasteiger partial charge in [-0.25, -0.2) is 4.98 Å². The quantitative estimate of drug-likeness (QED) is 0.244. The summed E-state index contributed by atoms with van der Waals surface area (Å²) in [6, 6.07) is 18.1. The number of carbonyl (C=O) groups is 2. The zero-order valence-electron chi connectivity index (χ0n) is 23.2. The molecule has 1 aliphatic rings. The van der Waals surface area contributed by atoms with Crippen molar-refractivity contribution in [2.75, 3.05) is 50.4 Å². The summed E-state index contributed by atoms with van der Waals surface area (Å²) in [4.78, 5) is 37.7. The molecule has 0 radical (unpaired) electrons. The van der Waals surface area contributed by atoms with E-state index in [1.165, 1.54) is 11.6 Å². The normalized spacial score (nSPS) is 14.5. The number of rotatable bonds is 8. The van der Waals surface area contributed by atoms with Crippen LogP contribution in [0.25, 0.3) is 22.4 Å². The van der Waals surface area contributed by atoms with E-state index in [1.54, 1.807) is 30.3 Å². The molecule has 0 spiro atoms. The van der Waals surface area contributed by atoms with Gasteiger partial charge in [0.05, 0.1) is 16.6 Å². The summed E-state index contributed by atoms with van der Waals surface area (Å²) in [6.45, 7) is 9.12. The van der Waals surface area contributed by atoms with E-state index in [9.17, 15) is 14.7 Å². The second-order valence-electron chi connectivity index (χ2n) is 10.7. The summed E-state index contributed by atoms with van der Waals surface area (Å²) < 4.78 is 0. The fourth-order valence-electron chi connectivity index (χ4n) is 4.69. The molecule has 9 nitrogen and oxygen atoms in total. The highest BCUT2D eigenvalue weighted by atomic mass is 16.3. The Bertz CT molecular complexity index is 1500. The molecule has 0 atom stereocenters. The minimum Gasteiger partial charge on any atom is -0.507 e. The number of amides is 2. The van der Waals surface area contributed by atoms with Crippen LogP contribution in [0.3, 0.4) is 0 Å². The molecule has 1 aliphatic heterocycles. The molecule has 0 saturated carbocycles. The maximum atomic E-state index is 13.0. The van der Waals surface area contributed by atoms with Crippen LogP contribution in [-0.2, 0) is 11.2 Å². The highest BCUT2D eigenvalue weighted by molar-refractivity contribution is 6.06. The van der Waals surface area contributed by atoms with Crippen molar-refractivity contribution < 1.29 is 14.7 Å². The third kappa shape index (κ3) is 6.50. The zero-order chi connectivity index (χ0) is 28.2. The third-order valence-corrected chi connectivity index (χ3v) is 7.31. The molecule has 1 fully saturated rings. The van der Waals surface area contributed by atoms with E-state index in [2.05, 4.69) is 49.6 Å². The van der Waals surface area contributed by atoms with Gasteiger partial charge in [-0.15, -0.1) is 0 Å². The minimum absolute atomic E-state index is 0.0338. The van der Waals surface area contributed by atoms with Crippen LogP contribution in [0.5, 0.6) is 5.75 Å². The van der Waals surface area contributed by atoms with Gasteiger partial charge in [-0.3, -0.25) is 9.59 Å². The monoisotopic (exact) mass is 540 g/mol. The highest BCUT2D eigenvalue weighted by Gasteiger charge is 2.16. The molecule has 1 aromatic heterocycles. The number of nitrogens with one attached hydrogen (secondary N) is 3. The number of imidazole rings is 1. The van der Waals surface area contributed by atoms with E-state index < -0.39 is 0 Å². The van der Waals surface area contributed by atoms with Crippen molar-refractivity contribution in [3.63, 3.8) is 0 Å². The third-order valence-electron chi connectivity index (χ3n) is 7.31. The number of hydrogen-bond donors (Lipinski definition) is 4. The molecule has 2 heterocycles. The predicted octanol–water partition coefficient (Wildman–Crippen LogP) is 4.57. The molecule has 5 rings (SSSR count). The Labute approximate surface area is 234 Å². The average Bonchev–Trinajstić information content (AvgIpc) is 3.38. The lowest BCUT2D eigenvalue weighted by molar-refractivity contribution is -0.118. The maximum absolute atomic E-state index is 13.0. The van der Waals surface area contributed by atoms with Crippen LogP contribution in [0, 0.1) is 5.92 Å². The molecule has 3 aromatic carbocycles. The standard InChI is InChI=1S/C31H36N6O3/c1-20(2)30(39)33-24-9-11-28(38)25(19-24)29-34-26-10-6-22(18-27(26)35-29)31(40)32-23-7-4-21(5-8-23)12-13-37-16-14-36(3)15-17-37/h4-11,18-20,38H,12-17H2,1-3H3,(H,32,40)(H,33,39)(H,34,35). The molecule has 0 aliphatic carbocycles. The number of aromatic nitrogens is 2. The second kappa shape index (κ2) is 11.9. The number of likely N-dealkylation sites (N-methyl/N-ethyl adjacent to an activating group) is 1. The molecule has 0 bridgehead atoms. The Hall–Kier alpha value is -4.21. The second-order valence-corrected chi connectivity index (χ2v) is 10.7. The number of aromatic amines is 1. The van der Waals surface area contributed by atoms with Crippen molar-refractivity contribution in [2.24, 2.45) is 5.92 Å². The number of hydrogen-bond acceptors (Lipinski definition) is 6. The maximum Gasteiger partial charge on any atom is 0.255 e. The van der Waals surface area contributed by atoms with Gasteiger partial charge < -0.3 is 30.5 Å². The molecule has 2 amide bonds. The van der Waals surface area contributed by atoms with Crippen LogP contribution in [0.15, 0.2) is 60.7 Å². The topological polar surface area (TPSA) is 114 Å². The number of phenols is 1. The summed E-state index contributed by atoms with van der Waals surface area (Å²) >= 11 is 0. The zero-order valence-corrected chi connectivity index (χ0v) is 23.2. The molecular weight excluding hydrogens is 504 g/mol. The average molecular weight is 541 g/mol. The Morgan fingerprint density at radius 2 is 1.68 bits per heavy atom. The van der Waals surface area contributed by atoms with Gasteiger partial charge in [0.1, 0.15) is 11.6 Å². The van der Waals surface area contributed by atoms with Crippen LogP contribution in [0.2, 0.25) is 0 Å². The molecule has 208 valence electrons. The van der Waals surface area contributed by atoms with E-state index >= 15 is 0 Å². The lowest BCUT2D eigenvalue weighted by Crippen LogP contribution is -2.45. The van der Waals surface area contributed by atoms with Crippen LogP contribution >= 0.6 is 0 Å². The number of aromatic hydroxyl groups is 1. The number of nitrogens with zero attached hydrogens (tertiary/aromatic N) is 3. The van der Waals surface area contributed by atoms with Crippen molar-refractivity contribution >= 4 is 34.2 Å². The van der Waals surface area contributed by atoms with E-state index in [0.29, 0.717) is 33.7 Å². The van der Waals surface area contributed by atoms with Gasteiger partial charge in [-0.05, 0) is 67.6 Å². The van der Waals surface area contributed by atoms with Gasteiger partial charge in [0, 0.05) is 55.6 Å². The Morgan fingerprint density at radius 3 is 2.40 bits per heavy atom. The highest BCUT2D eigenvalue weighted by Crippen LogP contribution is 2.31. The van der Waals surface area contributed by atoms with Crippen molar-refractivity contribution in [3.8, 4) is 17.1 Å². The smallest absolute Gasteiger partial charge is 0.255 e. The summed E-state index contributed by atoms with van der Waals surface area (Å²) in [6.07, 6.45) is 0.985.